The number of anilines is 1. The molecule has 0 radical (unpaired) electrons. The maximum Gasteiger partial charge on any atom is 0.129 e. The molecule has 1 saturated carbocycles. The smallest absolute Gasteiger partial charge is 0.129 e. The highest BCUT2D eigenvalue weighted by atomic mass is 19.1. The average molecular weight is 433 g/mol. The van der Waals surface area contributed by atoms with Crippen molar-refractivity contribution in [3.05, 3.63) is 42.6 Å². The van der Waals surface area contributed by atoms with E-state index in [4.69, 9.17) is 9.97 Å². The topological polar surface area (TPSA) is 79.1 Å². The van der Waals surface area contributed by atoms with Gasteiger partial charge in [-0.3, -0.25) is 4.68 Å². The van der Waals surface area contributed by atoms with Crippen LogP contribution in [-0.2, 0) is 7.05 Å². The summed E-state index contributed by atoms with van der Waals surface area (Å²) in [5, 5.41) is 19.4. The zero-order chi connectivity index (χ0) is 21.8. The SMILES string of the molecule is Cn1cc2cc(-c3ccc4nc(N5CCC(N[C@H]6C[C@H](F)C6)C5)ccc4n3)c(O)cc2n1. The third-order valence-corrected chi connectivity index (χ3v) is 6.60. The van der Waals surface area contributed by atoms with Crippen LogP contribution in [0.25, 0.3) is 33.2 Å². The minimum absolute atomic E-state index is 0.161. The number of pyridine rings is 2. The number of nitrogens with one attached hydrogen (secondary N) is 1. The summed E-state index contributed by atoms with van der Waals surface area (Å²) in [5.74, 6) is 1.10. The molecule has 1 aliphatic heterocycles. The van der Waals surface area contributed by atoms with Crippen molar-refractivity contribution in [2.24, 2.45) is 7.05 Å². The van der Waals surface area contributed by atoms with Crippen LogP contribution >= 0.6 is 0 Å². The molecular formula is C24H25FN6O. The summed E-state index contributed by atoms with van der Waals surface area (Å²) in [5.41, 5.74) is 3.74. The fraction of sp³-hybridized carbons (Fsp3) is 0.375. The molecule has 1 aromatic carbocycles. The van der Waals surface area contributed by atoms with Crippen molar-refractivity contribution in [1.82, 2.24) is 25.1 Å². The van der Waals surface area contributed by atoms with E-state index in [9.17, 15) is 9.50 Å². The Balaban J connectivity index is 1.24. The van der Waals surface area contributed by atoms with Gasteiger partial charge in [0.05, 0.1) is 22.2 Å². The molecule has 1 atom stereocenters. The molecule has 4 aromatic rings. The van der Waals surface area contributed by atoms with Crippen molar-refractivity contribution in [2.45, 2.75) is 37.5 Å². The maximum atomic E-state index is 13.1. The van der Waals surface area contributed by atoms with Gasteiger partial charge in [0.1, 0.15) is 17.7 Å². The van der Waals surface area contributed by atoms with Crippen LogP contribution in [0.15, 0.2) is 42.6 Å². The summed E-state index contributed by atoms with van der Waals surface area (Å²) in [7, 11) is 1.86. The molecule has 3 aromatic heterocycles. The number of aryl methyl sites for hydroxylation is 1. The monoisotopic (exact) mass is 432 g/mol. The molecule has 4 heterocycles. The fourth-order valence-corrected chi connectivity index (χ4v) is 4.84. The van der Waals surface area contributed by atoms with Gasteiger partial charge in [-0.25, -0.2) is 14.4 Å². The molecule has 1 unspecified atom stereocenters. The largest absolute Gasteiger partial charge is 0.507 e. The summed E-state index contributed by atoms with van der Waals surface area (Å²) in [6.07, 6.45) is 3.62. The van der Waals surface area contributed by atoms with E-state index in [0.29, 0.717) is 36.2 Å². The molecule has 2 aliphatic rings. The van der Waals surface area contributed by atoms with Crippen molar-refractivity contribution in [3.63, 3.8) is 0 Å². The number of alkyl halides is 1. The van der Waals surface area contributed by atoms with E-state index in [1.165, 1.54) is 0 Å². The number of benzene rings is 1. The zero-order valence-corrected chi connectivity index (χ0v) is 17.9. The van der Waals surface area contributed by atoms with Crippen molar-refractivity contribution < 1.29 is 9.50 Å². The van der Waals surface area contributed by atoms with E-state index in [-0.39, 0.29) is 5.75 Å². The lowest BCUT2D eigenvalue weighted by molar-refractivity contribution is 0.148. The van der Waals surface area contributed by atoms with Crippen LogP contribution in [0.5, 0.6) is 5.75 Å². The van der Waals surface area contributed by atoms with Gasteiger partial charge in [0.25, 0.3) is 0 Å². The highest BCUT2D eigenvalue weighted by Crippen LogP contribution is 2.33. The Morgan fingerprint density at radius 2 is 1.84 bits per heavy atom. The van der Waals surface area contributed by atoms with Crippen molar-refractivity contribution in [1.29, 1.82) is 0 Å². The molecule has 1 saturated heterocycles. The predicted octanol–water partition coefficient (Wildman–Crippen LogP) is 3.56. The van der Waals surface area contributed by atoms with Gasteiger partial charge in [-0.15, -0.1) is 0 Å². The van der Waals surface area contributed by atoms with E-state index >= 15 is 0 Å². The second-order valence-electron chi connectivity index (χ2n) is 9.00. The van der Waals surface area contributed by atoms with E-state index in [2.05, 4.69) is 15.3 Å². The van der Waals surface area contributed by atoms with Gasteiger partial charge in [0.15, 0.2) is 0 Å². The molecule has 2 N–H and O–H groups in total. The number of halogens is 1. The van der Waals surface area contributed by atoms with E-state index in [1.807, 2.05) is 43.6 Å². The Morgan fingerprint density at radius 3 is 2.69 bits per heavy atom. The van der Waals surface area contributed by atoms with E-state index in [1.54, 1.807) is 10.7 Å². The Hall–Kier alpha value is -3.26. The van der Waals surface area contributed by atoms with Crippen LogP contribution < -0.4 is 10.2 Å². The molecule has 0 spiro atoms. The Bertz CT molecular complexity index is 1310. The molecule has 7 nitrogen and oxygen atoms in total. The van der Waals surface area contributed by atoms with Crippen LogP contribution in [0.2, 0.25) is 0 Å². The summed E-state index contributed by atoms with van der Waals surface area (Å²) < 4.78 is 14.8. The third-order valence-electron chi connectivity index (χ3n) is 6.60. The van der Waals surface area contributed by atoms with Crippen LogP contribution in [-0.4, -0.2) is 56.2 Å². The lowest BCUT2D eigenvalue weighted by Gasteiger charge is -2.33. The molecular weight excluding hydrogens is 407 g/mol. The highest BCUT2D eigenvalue weighted by molar-refractivity contribution is 5.88. The second-order valence-corrected chi connectivity index (χ2v) is 9.00. The van der Waals surface area contributed by atoms with Crippen molar-refractivity contribution >= 4 is 27.8 Å². The predicted molar refractivity (Wildman–Crippen MR) is 123 cm³/mol. The minimum atomic E-state index is -0.627. The number of rotatable bonds is 4. The Labute approximate surface area is 184 Å². The first-order valence-corrected chi connectivity index (χ1v) is 11.1. The normalized spacial score (nSPS) is 23.2. The van der Waals surface area contributed by atoms with Gasteiger partial charge in [-0.2, -0.15) is 5.10 Å². The molecule has 32 heavy (non-hydrogen) atoms. The average Bonchev–Trinajstić information content (AvgIpc) is 3.36. The Morgan fingerprint density at radius 1 is 1.03 bits per heavy atom. The summed E-state index contributed by atoms with van der Waals surface area (Å²) >= 11 is 0. The number of hydrogen-bond acceptors (Lipinski definition) is 6. The molecule has 2 fully saturated rings. The molecule has 1 aliphatic carbocycles. The first-order valence-electron chi connectivity index (χ1n) is 11.1. The van der Waals surface area contributed by atoms with Crippen LogP contribution in [0, 0.1) is 0 Å². The van der Waals surface area contributed by atoms with Gasteiger partial charge in [0.2, 0.25) is 0 Å². The number of nitrogens with zero attached hydrogens (tertiary/aromatic N) is 5. The zero-order valence-electron chi connectivity index (χ0n) is 17.9. The number of hydrogen-bond donors (Lipinski definition) is 2. The first-order chi connectivity index (χ1) is 15.5. The molecule has 0 bridgehead atoms. The second kappa shape index (κ2) is 7.41. The lowest BCUT2D eigenvalue weighted by Crippen LogP contribution is -2.48. The van der Waals surface area contributed by atoms with Gasteiger partial charge < -0.3 is 15.3 Å². The van der Waals surface area contributed by atoms with Gasteiger partial charge in [-0.05, 0) is 49.6 Å². The van der Waals surface area contributed by atoms with Crippen molar-refractivity contribution in [2.75, 3.05) is 18.0 Å². The lowest BCUT2D eigenvalue weighted by atomic mass is 9.90. The summed E-state index contributed by atoms with van der Waals surface area (Å²) in [4.78, 5) is 11.9. The summed E-state index contributed by atoms with van der Waals surface area (Å²) in [6, 6.07) is 12.1. The highest BCUT2D eigenvalue weighted by Gasteiger charge is 2.33. The van der Waals surface area contributed by atoms with E-state index in [0.717, 1.165) is 47.3 Å². The maximum absolute atomic E-state index is 13.1. The van der Waals surface area contributed by atoms with Gasteiger partial charge in [0, 0.05) is 55.4 Å². The number of phenols is 1. The number of fused-ring (bicyclic) bond motifs is 2. The third kappa shape index (κ3) is 3.44. The molecule has 0 amide bonds. The van der Waals surface area contributed by atoms with E-state index < -0.39 is 6.17 Å². The standard InChI is InChI=1S/C24H25FN6O/c1-30-12-14-8-18(23(32)11-22(14)29-30)19-2-3-21-20(27-19)4-5-24(28-21)31-7-6-16(13-31)26-17-9-15(25)10-17/h2-5,8,11-12,15-17,26,32H,6-7,9-10,13H2,1H3/t15-,16?,17-. The van der Waals surface area contributed by atoms with Crippen LogP contribution in [0.4, 0.5) is 10.2 Å². The quantitative estimate of drug-likeness (QED) is 0.513. The minimum Gasteiger partial charge on any atom is -0.507 e. The van der Waals surface area contributed by atoms with Gasteiger partial charge >= 0.3 is 0 Å². The number of phenolic OH excluding ortho intramolecular Hbond substituents is 1. The molecule has 164 valence electrons. The first kappa shape index (κ1) is 19.4. The van der Waals surface area contributed by atoms with Gasteiger partial charge in [-0.1, -0.05) is 0 Å². The van der Waals surface area contributed by atoms with Crippen molar-refractivity contribution in [3.8, 4) is 17.0 Å². The number of aromatic nitrogens is 4. The number of aromatic hydroxyl groups is 1. The van der Waals surface area contributed by atoms with Crippen LogP contribution in [0.1, 0.15) is 19.3 Å². The molecule has 8 heteroatoms. The molecule has 6 rings (SSSR count). The van der Waals surface area contributed by atoms with Crippen LogP contribution in [0.3, 0.4) is 0 Å². The Kier molecular flexibility index (Phi) is 4.50. The fourth-order valence-electron chi connectivity index (χ4n) is 4.84. The summed E-state index contributed by atoms with van der Waals surface area (Å²) in [6.45, 7) is 1.82.